The minimum absolute atomic E-state index is 0.00284. The molecule has 0 spiro atoms. The minimum atomic E-state index is -0.00284. The summed E-state index contributed by atoms with van der Waals surface area (Å²) in [5, 5.41) is 8.85. The van der Waals surface area contributed by atoms with Gasteiger partial charge in [-0.1, -0.05) is 13.0 Å². The molecule has 1 aliphatic heterocycles. The lowest BCUT2D eigenvalue weighted by Crippen LogP contribution is -2.42. The van der Waals surface area contributed by atoms with E-state index in [1.165, 1.54) is 4.88 Å². The Bertz CT molecular complexity index is 539. The van der Waals surface area contributed by atoms with Crippen molar-refractivity contribution < 1.29 is 9.53 Å². The molecule has 2 atom stereocenters. The maximum Gasteiger partial charge on any atom is 0.243 e. The highest BCUT2D eigenvalue weighted by atomic mass is 32.1. The van der Waals surface area contributed by atoms with Crippen LogP contribution in [0.15, 0.2) is 22.5 Å². The zero-order valence-corrected chi connectivity index (χ0v) is 16.3. The molecule has 7 heteroatoms. The van der Waals surface area contributed by atoms with Crippen LogP contribution in [0.1, 0.15) is 18.2 Å². The predicted octanol–water partition coefficient (Wildman–Crippen LogP) is 1.59. The standard InChI is InChI=1S/C18H30N4O2S/c1-14(9-16-5-4-8-25-16)10-19-18(21-12-17(23)22(2)3)20-11-15-6-7-24-13-15/h4-5,8,14-15H,6-7,9-13H2,1-3H3,(H2,19,20,21). The van der Waals surface area contributed by atoms with Gasteiger partial charge in [0.25, 0.3) is 0 Å². The van der Waals surface area contributed by atoms with E-state index >= 15 is 0 Å². The van der Waals surface area contributed by atoms with Crippen molar-refractivity contribution in [3.8, 4) is 0 Å². The Morgan fingerprint density at radius 2 is 2.32 bits per heavy atom. The summed E-state index contributed by atoms with van der Waals surface area (Å²) in [5.41, 5.74) is 0. The third-order valence-electron chi connectivity index (χ3n) is 4.20. The van der Waals surface area contributed by atoms with E-state index in [1.54, 1.807) is 30.3 Å². The van der Waals surface area contributed by atoms with Crippen molar-refractivity contribution in [2.24, 2.45) is 16.8 Å². The molecule has 2 N–H and O–H groups in total. The van der Waals surface area contributed by atoms with Gasteiger partial charge in [0, 0.05) is 44.6 Å². The zero-order valence-electron chi connectivity index (χ0n) is 15.5. The van der Waals surface area contributed by atoms with E-state index in [2.05, 4.69) is 40.1 Å². The van der Waals surface area contributed by atoms with Crippen molar-refractivity contribution in [3.63, 3.8) is 0 Å². The number of carbonyl (C=O) groups is 1. The molecule has 0 aliphatic carbocycles. The monoisotopic (exact) mass is 366 g/mol. The Labute approximate surface area is 154 Å². The van der Waals surface area contributed by atoms with Gasteiger partial charge in [-0.15, -0.1) is 11.3 Å². The van der Waals surface area contributed by atoms with Crippen LogP contribution < -0.4 is 10.6 Å². The van der Waals surface area contributed by atoms with E-state index in [0.29, 0.717) is 17.8 Å². The maximum atomic E-state index is 11.8. The molecule has 1 amide bonds. The molecular weight excluding hydrogens is 336 g/mol. The van der Waals surface area contributed by atoms with Crippen molar-refractivity contribution in [2.75, 3.05) is 46.9 Å². The highest BCUT2D eigenvalue weighted by molar-refractivity contribution is 7.09. The summed E-state index contributed by atoms with van der Waals surface area (Å²) in [6.07, 6.45) is 2.12. The molecule has 1 aliphatic rings. The number of amides is 1. The lowest BCUT2D eigenvalue weighted by atomic mass is 10.1. The molecule has 1 aromatic rings. The van der Waals surface area contributed by atoms with Crippen LogP contribution in [0.25, 0.3) is 0 Å². The summed E-state index contributed by atoms with van der Waals surface area (Å²) in [6.45, 7) is 5.65. The van der Waals surface area contributed by atoms with Crippen LogP contribution >= 0.6 is 11.3 Å². The van der Waals surface area contributed by atoms with Crippen LogP contribution in [0.3, 0.4) is 0 Å². The number of rotatable bonds is 8. The fourth-order valence-electron chi connectivity index (χ4n) is 2.56. The predicted molar refractivity (Wildman–Crippen MR) is 103 cm³/mol. The molecule has 0 bridgehead atoms. The van der Waals surface area contributed by atoms with Gasteiger partial charge in [-0.25, -0.2) is 4.99 Å². The third-order valence-corrected chi connectivity index (χ3v) is 5.10. The highest BCUT2D eigenvalue weighted by Gasteiger charge is 2.16. The Balaban J connectivity index is 1.83. The van der Waals surface area contributed by atoms with Crippen molar-refractivity contribution in [2.45, 2.75) is 19.8 Å². The molecule has 1 fully saturated rings. The van der Waals surface area contributed by atoms with Gasteiger partial charge in [0.05, 0.1) is 6.61 Å². The summed E-state index contributed by atoms with van der Waals surface area (Å²) >= 11 is 1.79. The lowest BCUT2D eigenvalue weighted by molar-refractivity contribution is -0.127. The van der Waals surface area contributed by atoms with Gasteiger partial charge < -0.3 is 20.3 Å². The number of thiophene rings is 1. The van der Waals surface area contributed by atoms with Crippen LogP contribution in [-0.4, -0.2) is 63.7 Å². The van der Waals surface area contributed by atoms with E-state index in [9.17, 15) is 4.79 Å². The minimum Gasteiger partial charge on any atom is -0.381 e. The second kappa shape index (κ2) is 10.4. The van der Waals surface area contributed by atoms with Gasteiger partial charge in [0.15, 0.2) is 5.96 Å². The number of likely N-dealkylation sites (N-methyl/N-ethyl adjacent to an activating group) is 1. The van der Waals surface area contributed by atoms with Crippen LogP contribution in [-0.2, 0) is 16.0 Å². The smallest absolute Gasteiger partial charge is 0.243 e. The summed E-state index contributed by atoms with van der Waals surface area (Å²) in [5.74, 6) is 1.71. The normalized spacial score (nSPS) is 18.8. The highest BCUT2D eigenvalue weighted by Crippen LogP contribution is 2.14. The summed E-state index contributed by atoms with van der Waals surface area (Å²) in [4.78, 5) is 19.2. The molecule has 140 valence electrons. The Kier molecular flexibility index (Phi) is 8.21. The topological polar surface area (TPSA) is 66.0 Å². The molecule has 25 heavy (non-hydrogen) atoms. The molecule has 0 radical (unpaired) electrons. The van der Waals surface area contributed by atoms with Gasteiger partial charge in [-0.3, -0.25) is 4.79 Å². The molecule has 6 nitrogen and oxygen atoms in total. The Morgan fingerprint density at radius 1 is 1.48 bits per heavy atom. The van der Waals surface area contributed by atoms with Crippen molar-refractivity contribution >= 4 is 23.2 Å². The average Bonchev–Trinajstić information content (AvgIpc) is 3.27. The second-order valence-electron chi connectivity index (χ2n) is 6.83. The molecular formula is C18H30N4O2S. The number of guanidine groups is 1. The number of carbonyl (C=O) groups excluding carboxylic acids is 1. The molecule has 1 saturated heterocycles. The number of ether oxygens (including phenoxy) is 1. The number of hydrogen-bond acceptors (Lipinski definition) is 4. The SMILES string of the molecule is CC(CNC(=NCC(=O)N(C)C)NCC1CCOC1)Cc1cccs1. The number of nitrogens with one attached hydrogen (secondary N) is 2. The Hall–Kier alpha value is -1.60. The fraction of sp³-hybridized carbons (Fsp3) is 0.667. The molecule has 0 saturated carbocycles. The molecule has 0 aromatic carbocycles. The van der Waals surface area contributed by atoms with E-state index in [1.807, 2.05) is 0 Å². The van der Waals surface area contributed by atoms with Gasteiger partial charge in [-0.05, 0) is 30.2 Å². The largest absolute Gasteiger partial charge is 0.381 e. The second-order valence-corrected chi connectivity index (χ2v) is 7.87. The molecule has 1 aromatic heterocycles. The van der Waals surface area contributed by atoms with Gasteiger partial charge in [0.2, 0.25) is 5.91 Å². The summed E-state index contributed by atoms with van der Waals surface area (Å²) in [7, 11) is 3.49. The first kappa shape index (κ1) is 19.7. The Morgan fingerprint density at radius 3 is 2.96 bits per heavy atom. The van der Waals surface area contributed by atoms with Gasteiger partial charge in [0.1, 0.15) is 6.54 Å². The van der Waals surface area contributed by atoms with E-state index in [0.717, 1.165) is 39.1 Å². The first-order valence-electron chi connectivity index (χ1n) is 8.87. The average molecular weight is 367 g/mol. The van der Waals surface area contributed by atoms with E-state index < -0.39 is 0 Å². The molecule has 2 heterocycles. The van der Waals surface area contributed by atoms with Crippen LogP contribution in [0.2, 0.25) is 0 Å². The van der Waals surface area contributed by atoms with E-state index in [-0.39, 0.29) is 12.5 Å². The van der Waals surface area contributed by atoms with Crippen LogP contribution in [0, 0.1) is 11.8 Å². The summed E-state index contributed by atoms with van der Waals surface area (Å²) < 4.78 is 5.42. The van der Waals surface area contributed by atoms with Crippen molar-refractivity contribution in [1.82, 2.24) is 15.5 Å². The molecule has 2 unspecified atom stereocenters. The zero-order chi connectivity index (χ0) is 18.1. The third kappa shape index (κ3) is 7.44. The number of hydrogen-bond donors (Lipinski definition) is 2. The fourth-order valence-corrected chi connectivity index (χ4v) is 3.43. The van der Waals surface area contributed by atoms with Crippen molar-refractivity contribution in [1.29, 1.82) is 0 Å². The first-order valence-corrected chi connectivity index (χ1v) is 9.75. The summed E-state index contributed by atoms with van der Waals surface area (Å²) in [6, 6.07) is 4.26. The quantitative estimate of drug-likeness (QED) is 0.542. The number of nitrogens with zero attached hydrogens (tertiary/aromatic N) is 2. The van der Waals surface area contributed by atoms with Crippen LogP contribution in [0.5, 0.6) is 0 Å². The number of aliphatic imine (C=N–C) groups is 1. The van der Waals surface area contributed by atoms with Crippen LogP contribution in [0.4, 0.5) is 0 Å². The van der Waals surface area contributed by atoms with Gasteiger partial charge >= 0.3 is 0 Å². The maximum absolute atomic E-state index is 11.8. The lowest BCUT2D eigenvalue weighted by Gasteiger charge is -2.18. The van der Waals surface area contributed by atoms with Gasteiger partial charge in [-0.2, -0.15) is 0 Å². The molecule has 2 rings (SSSR count). The van der Waals surface area contributed by atoms with Crippen molar-refractivity contribution in [3.05, 3.63) is 22.4 Å². The van der Waals surface area contributed by atoms with E-state index in [4.69, 9.17) is 4.74 Å². The first-order chi connectivity index (χ1) is 12.0.